The lowest BCUT2D eigenvalue weighted by molar-refractivity contribution is -0.171. The number of benzene rings is 1. The van der Waals surface area contributed by atoms with Gasteiger partial charge in [-0.1, -0.05) is 25.8 Å². The van der Waals surface area contributed by atoms with Gasteiger partial charge in [0.25, 0.3) is 5.91 Å². The molecule has 5 unspecified atom stereocenters. The predicted octanol–water partition coefficient (Wildman–Crippen LogP) is 1.77. The van der Waals surface area contributed by atoms with Gasteiger partial charge in [0.1, 0.15) is 18.3 Å². The molecular formula is C25H34N2O9. The van der Waals surface area contributed by atoms with Crippen molar-refractivity contribution in [2.24, 2.45) is 11.8 Å². The van der Waals surface area contributed by atoms with E-state index in [1.165, 1.54) is 25.1 Å². The zero-order valence-corrected chi connectivity index (χ0v) is 20.7. The first-order valence-electron chi connectivity index (χ1n) is 12.2. The van der Waals surface area contributed by atoms with E-state index in [-0.39, 0.29) is 17.2 Å². The fourth-order valence-electron chi connectivity index (χ4n) is 4.20. The lowest BCUT2D eigenvalue weighted by Gasteiger charge is -2.33. The van der Waals surface area contributed by atoms with E-state index in [0.717, 1.165) is 12.8 Å². The number of aromatic hydroxyl groups is 1. The van der Waals surface area contributed by atoms with Gasteiger partial charge in [0.15, 0.2) is 11.8 Å². The second-order valence-electron chi connectivity index (χ2n) is 9.15. The van der Waals surface area contributed by atoms with Crippen molar-refractivity contribution in [2.45, 2.75) is 64.4 Å². The molecule has 2 fully saturated rings. The van der Waals surface area contributed by atoms with Gasteiger partial charge in [0.2, 0.25) is 6.41 Å². The van der Waals surface area contributed by atoms with Crippen LogP contribution >= 0.6 is 0 Å². The Morgan fingerprint density at radius 1 is 1.17 bits per heavy atom. The lowest BCUT2D eigenvalue weighted by atomic mass is 9.92. The highest BCUT2D eigenvalue weighted by Gasteiger charge is 2.43. The van der Waals surface area contributed by atoms with Crippen LogP contribution in [0.25, 0.3) is 0 Å². The Morgan fingerprint density at radius 2 is 1.89 bits per heavy atom. The number of phenolic OH excluding ortho intramolecular Hbond substituents is 1. The first kappa shape index (κ1) is 27.4. The molecule has 3 N–H and O–H groups in total. The van der Waals surface area contributed by atoms with E-state index in [4.69, 9.17) is 18.9 Å². The molecule has 198 valence electrons. The van der Waals surface area contributed by atoms with Crippen molar-refractivity contribution in [2.75, 3.05) is 25.1 Å². The van der Waals surface area contributed by atoms with E-state index in [9.17, 15) is 24.3 Å². The fraction of sp³-hybridized carbons (Fsp3) is 0.600. The average molecular weight is 507 g/mol. The Morgan fingerprint density at radius 3 is 2.53 bits per heavy atom. The van der Waals surface area contributed by atoms with Gasteiger partial charge in [-0.3, -0.25) is 14.4 Å². The Hall–Kier alpha value is -3.18. The molecule has 36 heavy (non-hydrogen) atoms. The molecule has 0 aromatic heterocycles. The van der Waals surface area contributed by atoms with E-state index in [0.29, 0.717) is 32.7 Å². The summed E-state index contributed by atoms with van der Waals surface area (Å²) in [5.74, 6) is -3.04. The summed E-state index contributed by atoms with van der Waals surface area (Å²) in [6.07, 6.45) is -0.0836. The maximum atomic E-state index is 13.2. The largest absolute Gasteiger partial charge is 0.505 e. The van der Waals surface area contributed by atoms with Gasteiger partial charge in [-0.15, -0.1) is 0 Å². The summed E-state index contributed by atoms with van der Waals surface area (Å²) < 4.78 is 22.6. The number of cyclic esters (lactones) is 2. The number of nitrogens with one attached hydrogen (secondary N) is 2. The third-order valence-electron chi connectivity index (χ3n) is 6.37. The summed E-state index contributed by atoms with van der Waals surface area (Å²) in [5, 5.41) is 15.1. The summed E-state index contributed by atoms with van der Waals surface area (Å²) >= 11 is 0. The Balaban J connectivity index is 1.81. The van der Waals surface area contributed by atoms with Crippen LogP contribution in [0.1, 0.15) is 50.4 Å². The molecular weight excluding hydrogens is 472 g/mol. The summed E-state index contributed by atoms with van der Waals surface area (Å²) in [7, 11) is 0. The molecule has 11 heteroatoms. The number of phenols is 1. The third-order valence-corrected chi connectivity index (χ3v) is 6.37. The molecule has 0 spiro atoms. The highest BCUT2D eigenvalue weighted by molar-refractivity contribution is 6.01. The zero-order valence-electron chi connectivity index (χ0n) is 20.7. The van der Waals surface area contributed by atoms with Crippen LogP contribution in [0.5, 0.6) is 5.75 Å². The average Bonchev–Trinajstić information content (AvgIpc) is 2.83. The van der Waals surface area contributed by atoms with Crippen molar-refractivity contribution in [1.82, 2.24) is 5.32 Å². The SMILES string of the molecule is CCCCC1C(=O)OC(C)C(NC(=O)c2cccc(NC=O)c2O)C(=O)OC(C)C1OCC1COC1. The van der Waals surface area contributed by atoms with Crippen molar-refractivity contribution in [3.8, 4) is 5.75 Å². The highest BCUT2D eigenvalue weighted by Crippen LogP contribution is 2.29. The number of ether oxygens (including phenoxy) is 4. The molecule has 5 atom stereocenters. The normalized spacial score (nSPS) is 26.9. The van der Waals surface area contributed by atoms with Gasteiger partial charge in [0, 0.05) is 5.92 Å². The minimum absolute atomic E-state index is 0.0263. The van der Waals surface area contributed by atoms with Crippen LogP contribution in [0.4, 0.5) is 5.69 Å². The molecule has 2 aliphatic heterocycles. The quantitative estimate of drug-likeness (QED) is 0.245. The number of unbranched alkanes of at least 4 members (excludes halogenated alkanes) is 1. The highest BCUT2D eigenvalue weighted by atomic mass is 16.6. The van der Waals surface area contributed by atoms with Crippen LogP contribution in [0.15, 0.2) is 18.2 Å². The summed E-state index contributed by atoms with van der Waals surface area (Å²) in [5.41, 5.74) is -0.149. The van der Waals surface area contributed by atoms with E-state index in [1.807, 2.05) is 6.92 Å². The van der Waals surface area contributed by atoms with E-state index < -0.39 is 53.9 Å². The van der Waals surface area contributed by atoms with Gasteiger partial charge >= 0.3 is 11.9 Å². The van der Waals surface area contributed by atoms with Crippen molar-refractivity contribution < 1.29 is 43.2 Å². The maximum absolute atomic E-state index is 13.2. The standard InChI is InChI=1S/C25H34N2O9/c1-4-5-7-18-22(34-12-16-10-33-11-16)15(3)36-25(32)20(14(2)35-24(18)31)27-23(30)17-8-6-9-19(21(17)29)26-13-28/h6,8-9,13-16,18,20,22,29H,4-5,7,10-12H2,1-3H3,(H,26,28)(H,27,30). The molecule has 0 aliphatic carbocycles. The predicted molar refractivity (Wildman–Crippen MR) is 127 cm³/mol. The van der Waals surface area contributed by atoms with Gasteiger partial charge < -0.3 is 34.7 Å². The summed E-state index contributed by atoms with van der Waals surface area (Å²) in [4.78, 5) is 50.0. The molecule has 2 saturated heterocycles. The molecule has 3 rings (SSSR count). The van der Waals surface area contributed by atoms with Crippen molar-refractivity contribution in [3.05, 3.63) is 23.8 Å². The number of carbonyl (C=O) groups is 4. The van der Waals surface area contributed by atoms with Gasteiger partial charge in [-0.25, -0.2) is 4.79 Å². The summed E-state index contributed by atoms with van der Waals surface area (Å²) in [6, 6.07) is 2.86. The Bertz CT molecular complexity index is 949. The Labute approximate surface area is 209 Å². The lowest BCUT2D eigenvalue weighted by Crippen LogP contribution is -2.50. The molecule has 2 amide bonds. The molecule has 2 heterocycles. The first-order chi connectivity index (χ1) is 17.3. The van der Waals surface area contributed by atoms with Crippen LogP contribution in [0.3, 0.4) is 0 Å². The van der Waals surface area contributed by atoms with Gasteiger partial charge in [0.05, 0.1) is 37.0 Å². The van der Waals surface area contributed by atoms with Crippen molar-refractivity contribution in [1.29, 1.82) is 0 Å². The van der Waals surface area contributed by atoms with E-state index in [1.54, 1.807) is 6.92 Å². The smallest absolute Gasteiger partial charge is 0.332 e. The number of hydrogen-bond acceptors (Lipinski definition) is 9. The van der Waals surface area contributed by atoms with Crippen LogP contribution in [0, 0.1) is 11.8 Å². The molecule has 0 radical (unpaired) electrons. The van der Waals surface area contributed by atoms with Gasteiger partial charge in [-0.2, -0.15) is 0 Å². The van der Waals surface area contributed by atoms with Crippen LogP contribution in [-0.2, 0) is 33.3 Å². The number of esters is 2. The van der Waals surface area contributed by atoms with E-state index in [2.05, 4.69) is 10.6 Å². The molecule has 2 aliphatic rings. The third kappa shape index (κ3) is 6.52. The Kier molecular flexibility index (Phi) is 9.65. The van der Waals surface area contributed by atoms with Crippen LogP contribution in [-0.4, -0.2) is 73.5 Å². The molecule has 1 aromatic rings. The maximum Gasteiger partial charge on any atom is 0.332 e. The summed E-state index contributed by atoms with van der Waals surface area (Å²) in [6.45, 7) is 6.67. The molecule has 1 aromatic carbocycles. The number of hydrogen-bond donors (Lipinski definition) is 3. The second kappa shape index (κ2) is 12.7. The number of para-hydroxylation sites is 1. The van der Waals surface area contributed by atoms with Crippen molar-refractivity contribution in [3.63, 3.8) is 0 Å². The van der Waals surface area contributed by atoms with Gasteiger partial charge in [-0.05, 0) is 32.4 Å². The molecule has 0 bridgehead atoms. The molecule has 0 saturated carbocycles. The topological polar surface area (TPSA) is 149 Å². The number of rotatable bonds is 10. The zero-order chi connectivity index (χ0) is 26.2. The first-order valence-corrected chi connectivity index (χ1v) is 12.2. The molecule has 11 nitrogen and oxygen atoms in total. The minimum Gasteiger partial charge on any atom is -0.505 e. The minimum atomic E-state index is -1.34. The van der Waals surface area contributed by atoms with Crippen LogP contribution in [0.2, 0.25) is 0 Å². The fourth-order valence-corrected chi connectivity index (χ4v) is 4.20. The number of anilines is 1. The second-order valence-corrected chi connectivity index (χ2v) is 9.15. The number of amides is 2. The van der Waals surface area contributed by atoms with E-state index >= 15 is 0 Å². The van der Waals surface area contributed by atoms with Crippen molar-refractivity contribution >= 4 is 29.9 Å². The van der Waals surface area contributed by atoms with Crippen LogP contribution < -0.4 is 10.6 Å². The number of carbonyl (C=O) groups excluding carboxylic acids is 4. The monoisotopic (exact) mass is 506 g/mol.